The van der Waals surface area contributed by atoms with Crippen LogP contribution in [0.15, 0.2) is 164 Å². The highest BCUT2D eigenvalue weighted by Gasteiger charge is 2.53. The van der Waals surface area contributed by atoms with Crippen LogP contribution in [0.5, 0.6) is 0 Å². The van der Waals surface area contributed by atoms with E-state index in [1.165, 1.54) is 127 Å². The number of nitrogens with zero attached hydrogens (tertiary/aromatic N) is 2. The maximum atomic E-state index is 2.62. The first-order valence-corrected chi connectivity index (χ1v) is 22.9. The van der Waals surface area contributed by atoms with E-state index in [-0.39, 0.29) is 12.1 Å². The molecule has 0 saturated carbocycles. The molecule has 0 saturated heterocycles. The van der Waals surface area contributed by atoms with Crippen LogP contribution in [-0.4, -0.2) is 6.71 Å². The smallest absolute Gasteiger partial charge is 0.264 e. The van der Waals surface area contributed by atoms with E-state index in [4.69, 9.17) is 0 Å². The molecule has 0 atom stereocenters. The van der Waals surface area contributed by atoms with E-state index >= 15 is 0 Å². The van der Waals surface area contributed by atoms with Crippen molar-refractivity contribution in [3.8, 4) is 22.3 Å². The van der Waals surface area contributed by atoms with Crippen molar-refractivity contribution >= 4 is 78.0 Å². The third kappa shape index (κ3) is 4.66. The molecule has 296 valence electrons. The molecule has 3 heterocycles. The lowest BCUT2D eigenvalue weighted by Gasteiger charge is -2.43. The Balaban J connectivity index is 1.14. The van der Waals surface area contributed by atoms with Crippen LogP contribution in [0.25, 0.3) is 32.3 Å². The molecule has 1 aromatic heterocycles. The van der Waals surface area contributed by atoms with Crippen molar-refractivity contribution in [2.75, 3.05) is 9.80 Å². The van der Waals surface area contributed by atoms with Gasteiger partial charge in [-0.3, -0.25) is 0 Å². The topological polar surface area (TPSA) is 6.48 Å². The molecule has 2 nitrogen and oxygen atoms in total. The van der Waals surface area contributed by atoms with Gasteiger partial charge in [0.1, 0.15) is 0 Å². The monoisotopic (exact) mass is 812 g/mol. The third-order valence-electron chi connectivity index (χ3n) is 14.4. The zero-order valence-electron chi connectivity index (χ0n) is 36.0. The van der Waals surface area contributed by atoms with Crippen molar-refractivity contribution in [1.29, 1.82) is 0 Å². The van der Waals surface area contributed by atoms with Crippen molar-refractivity contribution in [3.63, 3.8) is 0 Å². The standard InChI is InChI=1S/C58H45BN2S/c1-34-19-24-38(25-20-34)60-50-18-12-11-17-49(50)59-54-51(60)30-36(3)31-52(54)61(39-26-22-37(23-27-39)57(4,5)6)55-44-32-43-42-28-21-35(2)29-47(42)58(48(43)33-53(44)62-56(55)59)45-15-9-7-13-40(45)41-14-8-10-16-46(41)58/h7-33H,1-6H3. The fraction of sp³-hybridized carbons (Fsp3) is 0.138. The Kier molecular flexibility index (Phi) is 7.27. The maximum absolute atomic E-state index is 2.62. The van der Waals surface area contributed by atoms with E-state index in [0.29, 0.717) is 0 Å². The lowest BCUT2D eigenvalue weighted by atomic mass is 9.36. The van der Waals surface area contributed by atoms with E-state index < -0.39 is 5.41 Å². The zero-order chi connectivity index (χ0) is 41.8. The summed E-state index contributed by atoms with van der Waals surface area (Å²) in [5.41, 5.74) is 25.9. The SMILES string of the molecule is Cc1ccc(N2c3ccccc3B3c4sc5cc6c(cc5c4N(c4ccc(C(C)(C)C)cc4)c4cc(C)cc2c43)-c2ccc(C)cc2C62c3ccccc3-c3ccccc32)cc1. The first kappa shape index (κ1) is 36.1. The van der Waals surface area contributed by atoms with Crippen molar-refractivity contribution in [1.82, 2.24) is 0 Å². The summed E-state index contributed by atoms with van der Waals surface area (Å²) in [7, 11) is 0. The fourth-order valence-electron chi connectivity index (χ4n) is 11.7. The second-order valence-electron chi connectivity index (χ2n) is 19.1. The Morgan fingerprint density at radius 1 is 0.484 bits per heavy atom. The highest BCUT2D eigenvalue weighted by Crippen LogP contribution is 2.64. The average molecular weight is 813 g/mol. The van der Waals surface area contributed by atoms with E-state index in [1.807, 2.05) is 11.3 Å². The van der Waals surface area contributed by atoms with Gasteiger partial charge in [0.25, 0.3) is 6.71 Å². The van der Waals surface area contributed by atoms with Crippen LogP contribution >= 0.6 is 11.3 Å². The molecule has 0 N–H and O–H groups in total. The molecule has 0 fully saturated rings. The number of thiophene rings is 1. The molecule has 4 aliphatic rings. The quantitative estimate of drug-likeness (QED) is 0.160. The molecular weight excluding hydrogens is 768 g/mol. The average Bonchev–Trinajstić information content (AvgIpc) is 3.89. The van der Waals surface area contributed by atoms with Crippen molar-refractivity contribution in [3.05, 3.63) is 208 Å². The minimum atomic E-state index is -0.399. The molecule has 1 spiro atoms. The van der Waals surface area contributed by atoms with Gasteiger partial charge in [0.05, 0.1) is 11.1 Å². The van der Waals surface area contributed by atoms with Gasteiger partial charge in [-0.2, -0.15) is 0 Å². The molecule has 8 aromatic carbocycles. The summed E-state index contributed by atoms with van der Waals surface area (Å²) < 4.78 is 2.74. The summed E-state index contributed by atoms with van der Waals surface area (Å²) in [5.74, 6) is 0. The van der Waals surface area contributed by atoms with Crippen LogP contribution in [0.2, 0.25) is 0 Å². The van der Waals surface area contributed by atoms with Crippen LogP contribution in [0.1, 0.15) is 65.3 Å². The van der Waals surface area contributed by atoms with E-state index in [9.17, 15) is 0 Å². The van der Waals surface area contributed by atoms with Crippen LogP contribution in [0.3, 0.4) is 0 Å². The van der Waals surface area contributed by atoms with Gasteiger partial charge in [0, 0.05) is 43.3 Å². The molecule has 0 radical (unpaired) electrons. The number of hydrogen-bond donors (Lipinski definition) is 0. The minimum Gasteiger partial charge on any atom is -0.311 e. The molecule has 62 heavy (non-hydrogen) atoms. The molecule has 2 aliphatic heterocycles. The van der Waals surface area contributed by atoms with Gasteiger partial charge >= 0.3 is 0 Å². The van der Waals surface area contributed by atoms with Gasteiger partial charge in [-0.15, -0.1) is 11.3 Å². The van der Waals surface area contributed by atoms with Gasteiger partial charge in [-0.1, -0.05) is 141 Å². The maximum Gasteiger partial charge on any atom is 0.264 e. The van der Waals surface area contributed by atoms with Crippen molar-refractivity contribution in [2.24, 2.45) is 0 Å². The fourth-order valence-corrected chi connectivity index (χ4v) is 13.0. The van der Waals surface area contributed by atoms with E-state index in [0.717, 1.165) is 0 Å². The summed E-state index contributed by atoms with van der Waals surface area (Å²) in [6, 6.07) is 63.2. The number of benzene rings is 8. The summed E-state index contributed by atoms with van der Waals surface area (Å²) in [5, 5.41) is 1.32. The Morgan fingerprint density at radius 2 is 1.06 bits per heavy atom. The Bertz CT molecular complexity index is 3340. The lowest BCUT2D eigenvalue weighted by molar-refractivity contribution is 0.590. The summed E-state index contributed by atoms with van der Waals surface area (Å²) in [6.45, 7) is 13.7. The predicted molar refractivity (Wildman–Crippen MR) is 265 cm³/mol. The second-order valence-corrected chi connectivity index (χ2v) is 20.2. The Labute approximate surface area is 368 Å². The molecule has 4 heteroatoms. The predicted octanol–water partition coefficient (Wildman–Crippen LogP) is 13.6. The van der Waals surface area contributed by atoms with Gasteiger partial charge in [-0.25, -0.2) is 0 Å². The van der Waals surface area contributed by atoms with Gasteiger partial charge in [0.15, 0.2) is 0 Å². The van der Waals surface area contributed by atoms with Crippen LogP contribution in [0, 0.1) is 20.8 Å². The highest BCUT2D eigenvalue weighted by molar-refractivity contribution is 7.33. The zero-order valence-corrected chi connectivity index (χ0v) is 36.8. The lowest BCUT2D eigenvalue weighted by Crippen LogP contribution is -2.60. The van der Waals surface area contributed by atoms with E-state index in [1.54, 1.807) is 0 Å². The summed E-state index contributed by atoms with van der Waals surface area (Å²) >= 11 is 2.00. The number of fused-ring (bicyclic) bond motifs is 16. The van der Waals surface area contributed by atoms with Crippen molar-refractivity contribution in [2.45, 2.75) is 52.4 Å². The first-order valence-electron chi connectivity index (χ1n) is 22.0. The molecule has 0 unspecified atom stereocenters. The molecule has 0 bridgehead atoms. The largest absolute Gasteiger partial charge is 0.311 e. The molecule has 2 aliphatic carbocycles. The Hall–Kier alpha value is -6.62. The molecule has 13 rings (SSSR count). The number of rotatable bonds is 2. The van der Waals surface area contributed by atoms with Crippen molar-refractivity contribution < 1.29 is 0 Å². The number of hydrogen-bond acceptors (Lipinski definition) is 3. The highest BCUT2D eigenvalue weighted by atomic mass is 32.1. The summed E-state index contributed by atoms with van der Waals surface area (Å²) in [6.07, 6.45) is 0. The summed E-state index contributed by atoms with van der Waals surface area (Å²) in [4.78, 5) is 5.14. The molecule has 0 amide bonds. The van der Waals surface area contributed by atoms with Crippen LogP contribution < -0.4 is 25.5 Å². The van der Waals surface area contributed by atoms with Gasteiger partial charge in [0.2, 0.25) is 0 Å². The van der Waals surface area contributed by atoms with Crippen LogP contribution in [0.4, 0.5) is 34.1 Å². The van der Waals surface area contributed by atoms with Gasteiger partial charge in [-0.05, 0) is 147 Å². The van der Waals surface area contributed by atoms with Gasteiger partial charge < -0.3 is 9.80 Å². The van der Waals surface area contributed by atoms with E-state index in [2.05, 4.69) is 215 Å². The number of anilines is 6. The minimum absolute atomic E-state index is 0.0479. The number of para-hydroxylation sites is 1. The first-order chi connectivity index (χ1) is 30.1. The number of aryl methyl sites for hydroxylation is 3. The molecular formula is C58H45BN2S. The normalized spacial score (nSPS) is 14.6. The third-order valence-corrected chi connectivity index (χ3v) is 15.6. The Morgan fingerprint density at radius 3 is 1.77 bits per heavy atom. The second kappa shape index (κ2) is 12.5. The van der Waals surface area contributed by atoms with Crippen LogP contribution in [-0.2, 0) is 10.8 Å². The molecule has 9 aromatic rings.